The highest BCUT2D eigenvalue weighted by Crippen LogP contribution is 2.31. The minimum absolute atomic E-state index is 0.106. The van der Waals surface area contributed by atoms with Crippen molar-refractivity contribution in [1.29, 1.82) is 0 Å². The van der Waals surface area contributed by atoms with Gasteiger partial charge in [0.1, 0.15) is 0 Å². The summed E-state index contributed by atoms with van der Waals surface area (Å²) in [7, 11) is 1.53. The van der Waals surface area contributed by atoms with Gasteiger partial charge in [0, 0.05) is 18.7 Å². The molecule has 1 aromatic carbocycles. The van der Waals surface area contributed by atoms with Crippen LogP contribution in [0.25, 0.3) is 0 Å². The van der Waals surface area contributed by atoms with Gasteiger partial charge in [0.2, 0.25) is 0 Å². The molecule has 0 fully saturated rings. The number of hydrogen-bond acceptors (Lipinski definition) is 4. The summed E-state index contributed by atoms with van der Waals surface area (Å²) in [5.41, 5.74) is 1.80. The molecule has 0 saturated heterocycles. The lowest BCUT2D eigenvalue weighted by atomic mass is 10.1. The summed E-state index contributed by atoms with van der Waals surface area (Å²) in [5.74, 6) is 0.628. The van der Waals surface area contributed by atoms with Gasteiger partial charge in [-0.25, -0.2) is 0 Å². The van der Waals surface area contributed by atoms with Crippen molar-refractivity contribution in [3.05, 3.63) is 35.9 Å². The van der Waals surface area contributed by atoms with Crippen molar-refractivity contribution in [3.8, 4) is 11.5 Å². The maximum atomic E-state index is 9.88. The zero-order chi connectivity index (χ0) is 12.7. The predicted molar refractivity (Wildman–Crippen MR) is 67.4 cm³/mol. The number of aliphatic hydroxyl groups is 1. The SMILES string of the molecule is C=CCc1cc(CNCCO)cc(OC)c1O. The predicted octanol–water partition coefficient (Wildman–Crippen LogP) is 1.21. The van der Waals surface area contributed by atoms with Crippen LogP contribution in [-0.4, -0.2) is 30.5 Å². The Bertz CT molecular complexity index is 377. The summed E-state index contributed by atoms with van der Waals surface area (Å²) < 4.78 is 5.12. The molecule has 0 radical (unpaired) electrons. The molecule has 0 aliphatic carbocycles. The zero-order valence-corrected chi connectivity index (χ0v) is 10.1. The molecular weight excluding hydrogens is 218 g/mol. The van der Waals surface area contributed by atoms with E-state index >= 15 is 0 Å². The quantitative estimate of drug-likeness (QED) is 0.493. The molecule has 3 N–H and O–H groups in total. The fourth-order valence-electron chi connectivity index (χ4n) is 1.61. The number of phenols is 1. The number of benzene rings is 1. The second kappa shape index (κ2) is 6.93. The summed E-state index contributed by atoms with van der Waals surface area (Å²) in [4.78, 5) is 0. The number of aliphatic hydroxyl groups excluding tert-OH is 1. The first kappa shape index (κ1) is 13.5. The van der Waals surface area contributed by atoms with Crippen molar-refractivity contribution in [1.82, 2.24) is 5.32 Å². The second-order valence-corrected chi connectivity index (χ2v) is 3.70. The smallest absolute Gasteiger partial charge is 0.161 e. The number of phenolic OH excluding ortho intramolecular Hbond substituents is 1. The second-order valence-electron chi connectivity index (χ2n) is 3.70. The molecule has 0 aromatic heterocycles. The van der Waals surface area contributed by atoms with E-state index in [-0.39, 0.29) is 12.4 Å². The molecule has 1 rings (SSSR count). The van der Waals surface area contributed by atoms with Crippen molar-refractivity contribution in [3.63, 3.8) is 0 Å². The molecule has 0 saturated carbocycles. The zero-order valence-electron chi connectivity index (χ0n) is 10.1. The standard InChI is InChI=1S/C13H19NO3/c1-3-4-11-7-10(9-14-5-6-15)8-12(17-2)13(11)16/h3,7-8,14-16H,1,4-6,9H2,2H3. The Hall–Kier alpha value is -1.52. The lowest BCUT2D eigenvalue weighted by molar-refractivity contribution is 0.292. The van der Waals surface area contributed by atoms with E-state index in [0.717, 1.165) is 11.1 Å². The Morgan fingerprint density at radius 3 is 2.82 bits per heavy atom. The normalized spacial score (nSPS) is 10.2. The van der Waals surface area contributed by atoms with Crippen LogP contribution in [0.2, 0.25) is 0 Å². The molecule has 94 valence electrons. The molecule has 1 aromatic rings. The van der Waals surface area contributed by atoms with Crippen LogP contribution in [0.4, 0.5) is 0 Å². The van der Waals surface area contributed by atoms with E-state index in [0.29, 0.717) is 25.3 Å². The van der Waals surface area contributed by atoms with Crippen LogP contribution in [-0.2, 0) is 13.0 Å². The topological polar surface area (TPSA) is 61.7 Å². The van der Waals surface area contributed by atoms with Crippen LogP contribution in [0.5, 0.6) is 11.5 Å². The molecule has 17 heavy (non-hydrogen) atoms. The highest BCUT2D eigenvalue weighted by Gasteiger charge is 2.09. The van der Waals surface area contributed by atoms with E-state index in [1.807, 2.05) is 6.07 Å². The Morgan fingerprint density at radius 1 is 1.47 bits per heavy atom. The Morgan fingerprint density at radius 2 is 2.24 bits per heavy atom. The Labute approximate surface area is 102 Å². The first-order valence-electron chi connectivity index (χ1n) is 5.54. The van der Waals surface area contributed by atoms with Gasteiger partial charge in [-0.05, 0) is 18.1 Å². The summed E-state index contributed by atoms with van der Waals surface area (Å²) in [5, 5.41) is 21.6. The number of methoxy groups -OCH3 is 1. The van der Waals surface area contributed by atoms with Crippen LogP contribution < -0.4 is 10.1 Å². The van der Waals surface area contributed by atoms with Gasteiger partial charge < -0.3 is 20.3 Å². The lowest BCUT2D eigenvalue weighted by Crippen LogP contribution is -2.17. The largest absolute Gasteiger partial charge is 0.504 e. The van der Waals surface area contributed by atoms with Gasteiger partial charge in [0.25, 0.3) is 0 Å². The maximum Gasteiger partial charge on any atom is 0.161 e. The van der Waals surface area contributed by atoms with Gasteiger partial charge >= 0.3 is 0 Å². The van der Waals surface area contributed by atoms with E-state index < -0.39 is 0 Å². The van der Waals surface area contributed by atoms with Crippen molar-refractivity contribution < 1.29 is 14.9 Å². The lowest BCUT2D eigenvalue weighted by Gasteiger charge is -2.11. The molecule has 4 nitrogen and oxygen atoms in total. The fourth-order valence-corrected chi connectivity index (χ4v) is 1.61. The van der Waals surface area contributed by atoms with Crippen LogP contribution in [0, 0.1) is 0 Å². The van der Waals surface area contributed by atoms with Crippen molar-refractivity contribution in [2.24, 2.45) is 0 Å². The number of aromatic hydroxyl groups is 1. The van der Waals surface area contributed by atoms with Crippen molar-refractivity contribution in [2.45, 2.75) is 13.0 Å². The van der Waals surface area contributed by atoms with Crippen LogP contribution in [0.15, 0.2) is 24.8 Å². The monoisotopic (exact) mass is 237 g/mol. The third-order valence-electron chi connectivity index (χ3n) is 2.42. The minimum atomic E-state index is 0.106. The number of nitrogens with one attached hydrogen (secondary N) is 1. The van der Waals surface area contributed by atoms with E-state index in [9.17, 15) is 5.11 Å². The Kier molecular flexibility index (Phi) is 5.52. The Balaban J connectivity index is 2.90. The van der Waals surface area contributed by atoms with E-state index in [1.165, 1.54) is 7.11 Å². The highest BCUT2D eigenvalue weighted by molar-refractivity contribution is 5.49. The fraction of sp³-hybridized carbons (Fsp3) is 0.385. The van der Waals surface area contributed by atoms with Crippen molar-refractivity contribution in [2.75, 3.05) is 20.3 Å². The van der Waals surface area contributed by atoms with Gasteiger partial charge in [0.15, 0.2) is 11.5 Å². The van der Waals surface area contributed by atoms with E-state index in [2.05, 4.69) is 11.9 Å². The average molecular weight is 237 g/mol. The molecule has 0 spiro atoms. The minimum Gasteiger partial charge on any atom is -0.504 e. The molecule has 0 aliphatic rings. The van der Waals surface area contributed by atoms with Gasteiger partial charge in [-0.15, -0.1) is 6.58 Å². The molecule has 0 aliphatic heterocycles. The molecular formula is C13H19NO3. The van der Waals surface area contributed by atoms with Gasteiger partial charge in [-0.2, -0.15) is 0 Å². The van der Waals surface area contributed by atoms with Crippen LogP contribution in [0.3, 0.4) is 0 Å². The molecule has 0 unspecified atom stereocenters. The number of rotatable bonds is 7. The molecule has 0 amide bonds. The van der Waals surface area contributed by atoms with Gasteiger partial charge in [-0.3, -0.25) is 0 Å². The third kappa shape index (κ3) is 3.76. The molecule has 0 atom stereocenters. The summed E-state index contributed by atoms with van der Waals surface area (Å²) >= 11 is 0. The number of ether oxygens (including phenoxy) is 1. The first-order valence-corrected chi connectivity index (χ1v) is 5.54. The van der Waals surface area contributed by atoms with Gasteiger partial charge in [0.05, 0.1) is 13.7 Å². The molecule has 4 heteroatoms. The highest BCUT2D eigenvalue weighted by atomic mass is 16.5. The van der Waals surface area contributed by atoms with Crippen molar-refractivity contribution >= 4 is 0 Å². The summed E-state index contributed by atoms with van der Waals surface area (Å²) in [6.07, 6.45) is 2.33. The number of hydrogen-bond donors (Lipinski definition) is 3. The summed E-state index contributed by atoms with van der Waals surface area (Å²) in [6.45, 7) is 4.93. The van der Waals surface area contributed by atoms with Gasteiger partial charge in [-0.1, -0.05) is 12.1 Å². The van der Waals surface area contributed by atoms with Crippen LogP contribution in [0.1, 0.15) is 11.1 Å². The number of allylic oxidation sites excluding steroid dienone is 1. The third-order valence-corrected chi connectivity index (χ3v) is 2.42. The molecule has 0 heterocycles. The molecule has 0 bridgehead atoms. The van der Waals surface area contributed by atoms with E-state index in [1.54, 1.807) is 12.1 Å². The maximum absolute atomic E-state index is 9.88. The van der Waals surface area contributed by atoms with E-state index in [4.69, 9.17) is 9.84 Å². The first-order chi connectivity index (χ1) is 8.22. The van der Waals surface area contributed by atoms with Crippen LogP contribution >= 0.6 is 0 Å². The summed E-state index contributed by atoms with van der Waals surface area (Å²) in [6, 6.07) is 3.69. The average Bonchev–Trinajstić information content (AvgIpc) is 2.33.